The van der Waals surface area contributed by atoms with Crippen LogP contribution in [0.25, 0.3) is 10.6 Å². The van der Waals surface area contributed by atoms with Crippen molar-refractivity contribution in [3.8, 4) is 10.6 Å². The minimum absolute atomic E-state index is 0.609. The largest absolute Gasteiger partial charge is 0.255 e. The molecule has 1 nitrogen and oxygen atoms in total. The molecule has 0 atom stereocenters. The summed E-state index contributed by atoms with van der Waals surface area (Å²) in [7, 11) is 0. The van der Waals surface area contributed by atoms with Gasteiger partial charge in [-0.05, 0) is 30.2 Å². The molecule has 0 aliphatic rings. The fraction of sp³-hybridized carbons (Fsp3) is 0.250. The highest BCUT2D eigenvalue weighted by atomic mass is 32.1. The van der Waals surface area contributed by atoms with E-state index in [0.717, 1.165) is 5.69 Å². The second-order valence-electron chi connectivity index (χ2n) is 3.57. The SMILES string of the molecule is CC(C)c1ccc(-c2ccccn2)s1. The van der Waals surface area contributed by atoms with Crippen molar-refractivity contribution in [3.05, 3.63) is 41.4 Å². The first-order chi connectivity index (χ1) is 6.77. The zero-order valence-corrected chi connectivity index (χ0v) is 9.21. The van der Waals surface area contributed by atoms with Crippen molar-refractivity contribution in [2.24, 2.45) is 0 Å². The van der Waals surface area contributed by atoms with E-state index in [1.54, 1.807) is 0 Å². The third kappa shape index (κ3) is 1.85. The van der Waals surface area contributed by atoms with Gasteiger partial charge in [0.15, 0.2) is 0 Å². The molecule has 2 rings (SSSR count). The van der Waals surface area contributed by atoms with Crippen LogP contribution in [0.1, 0.15) is 24.6 Å². The van der Waals surface area contributed by atoms with E-state index in [0.29, 0.717) is 5.92 Å². The summed E-state index contributed by atoms with van der Waals surface area (Å²) in [6, 6.07) is 10.4. The van der Waals surface area contributed by atoms with Gasteiger partial charge in [0.2, 0.25) is 0 Å². The maximum Gasteiger partial charge on any atom is 0.0801 e. The highest BCUT2D eigenvalue weighted by Crippen LogP contribution is 2.30. The first-order valence-corrected chi connectivity index (χ1v) is 5.60. The van der Waals surface area contributed by atoms with Crippen molar-refractivity contribution in [2.45, 2.75) is 19.8 Å². The van der Waals surface area contributed by atoms with Gasteiger partial charge in [0.25, 0.3) is 0 Å². The number of pyridine rings is 1. The van der Waals surface area contributed by atoms with E-state index in [-0.39, 0.29) is 0 Å². The average Bonchev–Trinajstić information content (AvgIpc) is 2.68. The topological polar surface area (TPSA) is 12.9 Å². The fourth-order valence-corrected chi connectivity index (χ4v) is 2.30. The van der Waals surface area contributed by atoms with Crippen LogP contribution in [-0.4, -0.2) is 4.98 Å². The van der Waals surface area contributed by atoms with Gasteiger partial charge in [-0.3, -0.25) is 4.98 Å². The molecule has 2 heteroatoms. The monoisotopic (exact) mass is 203 g/mol. The lowest BCUT2D eigenvalue weighted by Crippen LogP contribution is -1.78. The molecule has 0 bridgehead atoms. The van der Waals surface area contributed by atoms with Crippen LogP contribution in [0, 0.1) is 0 Å². The molecule has 2 heterocycles. The van der Waals surface area contributed by atoms with E-state index in [9.17, 15) is 0 Å². The highest BCUT2D eigenvalue weighted by molar-refractivity contribution is 7.15. The van der Waals surface area contributed by atoms with Crippen molar-refractivity contribution in [3.63, 3.8) is 0 Å². The zero-order valence-electron chi connectivity index (χ0n) is 8.40. The van der Waals surface area contributed by atoms with E-state index in [4.69, 9.17) is 0 Å². The quantitative estimate of drug-likeness (QED) is 0.720. The Hall–Kier alpha value is -1.15. The number of thiophene rings is 1. The first kappa shape index (κ1) is 9.41. The van der Waals surface area contributed by atoms with Crippen molar-refractivity contribution in [1.29, 1.82) is 0 Å². The number of nitrogens with zero attached hydrogens (tertiary/aromatic N) is 1. The minimum atomic E-state index is 0.609. The molecule has 0 aliphatic heterocycles. The van der Waals surface area contributed by atoms with E-state index in [1.165, 1.54) is 9.75 Å². The molecule has 2 aromatic heterocycles. The Morgan fingerprint density at radius 2 is 2.00 bits per heavy atom. The molecule has 0 aliphatic carbocycles. The molecular formula is C12H13NS. The van der Waals surface area contributed by atoms with Crippen molar-refractivity contribution in [1.82, 2.24) is 4.98 Å². The van der Waals surface area contributed by atoms with Gasteiger partial charge in [-0.2, -0.15) is 0 Å². The van der Waals surface area contributed by atoms with Gasteiger partial charge in [0.05, 0.1) is 10.6 Å². The predicted octanol–water partition coefficient (Wildman–Crippen LogP) is 3.93. The fourth-order valence-electron chi connectivity index (χ4n) is 1.31. The van der Waals surface area contributed by atoms with Crippen LogP contribution in [0.4, 0.5) is 0 Å². The summed E-state index contributed by atoms with van der Waals surface area (Å²) in [6.07, 6.45) is 1.84. The molecule has 72 valence electrons. The van der Waals surface area contributed by atoms with E-state index >= 15 is 0 Å². The summed E-state index contributed by atoms with van der Waals surface area (Å²) in [5.41, 5.74) is 1.07. The second kappa shape index (κ2) is 3.93. The number of aromatic nitrogens is 1. The molecule has 0 aromatic carbocycles. The van der Waals surface area contributed by atoms with Crippen LogP contribution in [0.5, 0.6) is 0 Å². The van der Waals surface area contributed by atoms with Gasteiger partial charge in [-0.25, -0.2) is 0 Å². The van der Waals surface area contributed by atoms with Crippen molar-refractivity contribution < 1.29 is 0 Å². The molecule has 0 saturated heterocycles. The first-order valence-electron chi connectivity index (χ1n) is 4.78. The van der Waals surface area contributed by atoms with Crippen LogP contribution in [0.2, 0.25) is 0 Å². The van der Waals surface area contributed by atoms with E-state index < -0.39 is 0 Å². The molecule has 0 saturated carbocycles. The third-order valence-electron chi connectivity index (χ3n) is 2.11. The van der Waals surface area contributed by atoms with Gasteiger partial charge in [0, 0.05) is 11.1 Å². The van der Waals surface area contributed by atoms with E-state index in [2.05, 4.69) is 37.0 Å². The van der Waals surface area contributed by atoms with Gasteiger partial charge >= 0.3 is 0 Å². The normalized spacial score (nSPS) is 10.8. The number of hydrogen-bond donors (Lipinski definition) is 0. The molecule has 14 heavy (non-hydrogen) atoms. The molecular weight excluding hydrogens is 190 g/mol. The van der Waals surface area contributed by atoms with Crippen molar-refractivity contribution >= 4 is 11.3 Å². The standard InChI is InChI=1S/C12H13NS/c1-9(2)11-6-7-12(14-11)10-5-3-4-8-13-10/h3-9H,1-2H3. The number of rotatable bonds is 2. The van der Waals surface area contributed by atoms with Crippen LogP contribution >= 0.6 is 11.3 Å². The van der Waals surface area contributed by atoms with Gasteiger partial charge in [-0.15, -0.1) is 11.3 Å². The maximum atomic E-state index is 4.33. The molecule has 0 fully saturated rings. The molecule has 0 radical (unpaired) electrons. The Morgan fingerprint density at radius 1 is 1.14 bits per heavy atom. The van der Waals surface area contributed by atoms with Gasteiger partial charge < -0.3 is 0 Å². The smallest absolute Gasteiger partial charge is 0.0801 e. The third-order valence-corrected chi connectivity index (χ3v) is 3.52. The molecule has 0 spiro atoms. The second-order valence-corrected chi connectivity index (χ2v) is 4.69. The molecule has 0 unspecified atom stereocenters. The maximum absolute atomic E-state index is 4.33. The van der Waals surface area contributed by atoms with Crippen LogP contribution in [-0.2, 0) is 0 Å². The molecule has 0 amide bonds. The summed E-state index contributed by atoms with van der Waals surface area (Å²) in [4.78, 5) is 7.01. The van der Waals surface area contributed by atoms with Gasteiger partial charge in [-0.1, -0.05) is 19.9 Å². The average molecular weight is 203 g/mol. The van der Waals surface area contributed by atoms with Crippen LogP contribution < -0.4 is 0 Å². The van der Waals surface area contributed by atoms with Crippen LogP contribution in [0.15, 0.2) is 36.5 Å². The number of hydrogen-bond acceptors (Lipinski definition) is 2. The summed E-state index contributed by atoms with van der Waals surface area (Å²) in [6.45, 7) is 4.43. The molecule has 0 N–H and O–H groups in total. The summed E-state index contributed by atoms with van der Waals surface area (Å²) >= 11 is 1.83. The lowest BCUT2D eigenvalue weighted by molar-refractivity contribution is 0.890. The Bertz CT molecular complexity index is 403. The lowest BCUT2D eigenvalue weighted by Gasteiger charge is -1.98. The Labute approximate surface area is 88.4 Å². The predicted molar refractivity (Wildman–Crippen MR) is 61.6 cm³/mol. The summed E-state index contributed by atoms with van der Waals surface area (Å²) in [5, 5.41) is 0. The van der Waals surface area contributed by atoms with Crippen LogP contribution in [0.3, 0.4) is 0 Å². The summed E-state index contributed by atoms with van der Waals surface area (Å²) < 4.78 is 0. The van der Waals surface area contributed by atoms with E-state index in [1.807, 2.05) is 29.7 Å². The minimum Gasteiger partial charge on any atom is -0.255 e. The van der Waals surface area contributed by atoms with Crippen molar-refractivity contribution in [2.75, 3.05) is 0 Å². The lowest BCUT2D eigenvalue weighted by atomic mass is 10.2. The summed E-state index contributed by atoms with van der Waals surface area (Å²) in [5.74, 6) is 0.609. The zero-order chi connectivity index (χ0) is 9.97. The Balaban J connectivity index is 2.34. The molecule has 2 aromatic rings. The Morgan fingerprint density at radius 3 is 2.57 bits per heavy atom. The Kier molecular flexibility index (Phi) is 2.64. The highest BCUT2D eigenvalue weighted by Gasteiger charge is 2.05. The van der Waals surface area contributed by atoms with Gasteiger partial charge in [0.1, 0.15) is 0 Å².